The van der Waals surface area contributed by atoms with E-state index in [4.69, 9.17) is 5.73 Å². The number of hydrogen-bond donors (Lipinski definition) is 1. The van der Waals surface area contributed by atoms with E-state index in [1.54, 1.807) is 0 Å². The summed E-state index contributed by atoms with van der Waals surface area (Å²) in [5.74, 6) is 2.15. The Morgan fingerprint density at radius 2 is 1.71 bits per heavy atom. The summed E-state index contributed by atoms with van der Waals surface area (Å²) in [4.78, 5) is 14.6. The normalized spacial score (nSPS) is 10.6. The molecule has 0 radical (unpaired) electrons. The van der Waals surface area contributed by atoms with Crippen LogP contribution in [0.1, 0.15) is 28.4 Å². The molecule has 2 rings (SSSR count). The molecule has 0 heterocycles. The first-order valence-electron chi connectivity index (χ1n) is 8.44. The van der Waals surface area contributed by atoms with E-state index >= 15 is 0 Å². The van der Waals surface area contributed by atoms with Crippen LogP contribution in [0.2, 0.25) is 0 Å². The molecule has 0 unspecified atom stereocenters. The Kier molecular flexibility index (Phi) is 7.86. The number of nitrogens with two attached hydrogens (primary N) is 1. The molecule has 128 valence electrons. The smallest absolute Gasteiger partial charge is 0.253 e. The zero-order valence-electron chi connectivity index (χ0n) is 14.3. The van der Waals surface area contributed by atoms with E-state index in [9.17, 15) is 4.79 Å². The number of carbonyl (C=O) groups excluding carboxylic acids is 1. The molecule has 0 saturated carbocycles. The summed E-state index contributed by atoms with van der Waals surface area (Å²) >= 11 is 1.88. The fourth-order valence-corrected chi connectivity index (χ4v) is 3.16. The summed E-state index contributed by atoms with van der Waals surface area (Å²) in [6.45, 7) is 3.90. The zero-order valence-corrected chi connectivity index (χ0v) is 15.1. The van der Waals surface area contributed by atoms with Gasteiger partial charge in [-0.05, 0) is 35.4 Å². The van der Waals surface area contributed by atoms with Crippen LogP contribution in [0.4, 0.5) is 0 Å². The zero-order chi connectivity index (χ0) is 17.2. The minimum Gasteiger partial charge on any atom is -0.337 e. The number of carbonyl (C=O) groups is 1. The largest absolute Gasteiger partial charge is 0.337 e. The maximum absolute atomic E-state index is 12.7. The van der Waals surface area contributed by atoms with Gasteiger partial charge in [0.25, 0.3) is 5.91 Å². The van der Waals surface area contributed by atoms with Crippen LogP contribution >= 0.6 is 11.8 Å². The van der Waals surface area contributed by atoms with Gasteiger partial charge >= 0.3 is 0 Å². The first-order valence-corrected chi connectivity index (χ1v) is 9.60. The number of amides is 1. The topological polar surface area (TPSA) is 46.3 Å². The lowest BCUT2D eigenvalue weighted by Gasteiger charge is -2.22. The first kappa shape index (κ1) is 18.6. The van der Waals surface area contributed by atoms with Crippen molar-refractivity contribution in [2.75, 3.05) is 25.4 Å². The van der Waals surface area contributed by atoms with Gasteiger partial charge in [-0.1, -0.05) is 49.4 Å². The molecule has 2 N–H and O–H groups in total. The quantitative estimate of drug-likeness (QED) is 0.757. The number of thioether (sulfide) groups is 1. The summed E-state index contributed by atoms with van der Waals surface area (Å²) < 4.78 is 0. The summed E-state index contributed by atoms with van der Waals surface area (Å²) in [6.07, 6.45) is 0.845. The lowest BCUT2D eigenvalue weighted by Crippen LogP contribution is -2.36. The first-order chi connectivity index (χ1) is 11.7. The highest BCUT2D eigenvalue weighted by Gasteiger charge is 2.15. The van der Waals surface area contributed by atoms with Crippen molar-refractivity contribution in [3.05, 3.63) is 71.3 Å². The van der Waals surface area contributed by atoms with E-state index in [1.807, 2.05) is 59.1 Å². The molecule has 0 atom stereocenters. The third-order valence-corrected chi connectivity index (χ3v) is 4.82. The fraction of sp³-hybridized carbons (Fsp3) is 0.350. The van der Waals surface area contributed by atoms with Crippen molar-refractivity contribution in [3.8, 4) is 0 Å². The second-order valence-electron chi connectivity index (χ2n) is 5.65. The predicted molar refractivity (Wildman–Crippen MR) is 103 cm³/mol. The summed E-state index contributed by atoms with van der Waals surface area (Å²) in [7, 11) is 0. The Hall–Kier alpha value is -1.78. The summed E-state index contributed by atoms with van der Waals surface area (Å²) in [5, 5.41) is 0. The Bertz CT molecular complexity index is 613. The van der Waals surface area contributed by atoms with Crippen molar-refractivity contribution in [2.45, 2.75) is 19.1 Å². The van der Waals surface area contributed by atoms with Gasteiger partial charge in [-0.2, -0.15) is 11.8 Å². The molecule has 0 aliphatic carbocycles. The Balaban J connectivity index is 1.99. The van der Waals surface area contributed by atoms with Gasteiger partial charge in [0.15, 0.2) is 0 Å². The maximum atomic E-state index is 12.7. The molecular weight excluding hydrogens is 316 g/mol. The van der Waals surface area contributed by atoms with Crippen LogP contribution in [-0.2, 0) is 12.2 Å². The minimum atomic E-state index is 0.0612. The second-order valence-corrected chi connectivity index (χ2v) is 6.92. The molecule has 3 nitrogen and oxygen atoms in total. The Morgan fingerprint density at radius 1 is 1.00 bits per heavy atom. The highest BCUT2D eigenvalue weighted by atomic mass is 32.2. The van der Waals surface area contributed by atoms with Crippen LogP contribution < -0.4 is 5.73 Å². The molecule has 0 saturated heterocycles. The van der Waals surface area contributed by atoms with Crippen molar-refractivity contribution < 1.29 is 4.79 Å². The number of nitrogens with zero attached hydrogens (tertiary/aromatic N) is 1. The number of benzene rings is 2. The molecule has 2 aromatic carbocycles. The predicted octanol–water partition coefficient (Wildman–Crippen LogP) is 3.58. The summed E-state index contributed by atoms with van der Waals surface area (Å²) in [5.41, 5.74) is 8.93. The highest BCUT2D eigenvalue weighted by molar-refractivity contribution is 7.98. The number of rotatable bonds is 9. The monoisotopic (exact) mass is 342 g/mol. The van der Waals surface area contributed by atoms with Crippen molar-refractivity contribution in [2.24, 2.45) is 5.73 Å². The SMILES string of the molecule is CCSCc1ccc(C(=O)N(CCN)CCc2ccccc2)cc1. The highest BCUT2D eigenvalue weighted by Crippen LogP contribution is 2.14. The van der Waals surface area contributed by atoms with Gasteiger partial charge in [0, 0.05) is 31.0 Å². The third kappa shape index (κ3) is 5.69. The van der Waals surface area contributed by atoms with Gasteiger partial charge in [0.1, 0.15) is 0 Å². The molecule has 2 aromatic rings. The standard InChI is InChI=1S/C20H26N2OS/c1-2-24-16-18-8-10-19(11-9-18)20(23)22(15-13-21)14-12-17-6-4-3-5-7-17/h3-11H,2,12-16,21H2,1H3. The van der Waals surface area contributed by atoms with Gasteiger partial charge in [0.2, 0.25) is 0 Å². The molecule has 4 heteroatoms. The van der Waals surface area contributed by atoms with Crippen LogP contribution in [0.25, 0.3) is 0 Å². The molecule has 0 fully saturated rings. The van der Waals surface area contributed by atoms with Crippen molar-refractivity contribution in [1.82, 2.24) is 4.90 Å². The molecule has 24 heavy (non-hydrogen) atoms. The molecule has 0 aromatic heterocycles. The summed E-state index contributed by atoms with van der Waals surface area (Å²) in [6, 6.07) is 18.2. The lowest BCUT2D eigenvalue weighted by atomic mass is 10.1. The van der Waals surface area contributed by atoms with Crippen LogP contribution in [0.5, 0.6) is 0 Å². The van der Waals surface area contributed by atoms with Gasteiger partial charge in [-0.3, -0.25) is 4.79 Å². The molecule has 0 aliphatic heterocycles. The second kappa shape index (κ2) is 10.2. The molecule has 0 spiro atoms. The van der Waals surface area contributed by atoms with E-state index in [1.165, 1.54) is 11.1 Å². The van der Waals surface area contributed by atoms with E-state index in [-0.39, 0.29) is 5.91 Å². The van der Waals surface area contributed by atoms with Gasteiger partial charge in [-0.25, -0.2) is 0 Å². The Morgan fingerprint density at radius 3 is 2.33 bits per heavy atom. The van der Waals surface area contributed by atoms with Crippen LogP contribution in [0.3, 0.4) is 0 Å². The van der Waals surface area contributed by atoms with E-state index in [0.29, 0.717) is 19.6 Å². The minimum absolute atomic E-state index is 0.0612. The van der Waals surface area contributed by atoms with Crippen molar-refractivity contribution in [3.63, 3.8) is 0 Å². The maximum Gasteiger partial charge on any atom is 0.253 e. The van der Waals surface area contributed by atoms with E-state index in [0.717, 1.165) is 23.5 Å². The molecular formula is C20H26N2OS. The average Bonchev–Trinajstić information content (AvgIpc) is 2.64. The van der Waals surface area contributed by atoms with Crippen molar-refractivity contribution in [1.29, 1.82) is 0 Å². The van der Waals surface area contributed by atoms with E-state index in [2.05, 4.69) is 19.1 Å². The molecule has 0 bridgehead atoms. The van der Waals surface area contributed by atoms with Crippen molar-refractivity contribution >= 4 is 17.7 Å². The molecule has 0 aliphatic rings. The van der Waals surface area contributed by atoms with E-state index < -0.39 is 0 Å². The average molecular weight is 343 g/mol. The van der Waals surface area contributed by atoms with Crippen LogP contribution in [0, 0.1) is 0 Å². The molecule has 1 amide bonds. The van der Waals surface area contributed by atoms with Gasteiger partial charge in [0.05, 0.1) is 0 Å². The van der Waals surface area contributed by atoms with Gasteiger partial charge < -0.3 is 10.6 Å². The fourth-order valence-electron chi connectivity index (χ4n) is 2.53. The lowest BCUT2D eigenvalue weighted by molar-refractivity contribution is 0.0762. The van der Waals surface area contributed by atoms with Crippen LogP contribution in [0.15, 0.2) is 54.6 Å². The van der Waals surface area contributed by atoms with Crippen LogP contribution in [-0.4, -0.2) is 36.2 Å². The number of hydrogen-bond acceptors (Lipinski definition) is 3. The Labute approximate surface area is 149 Å². The third-order valence-electron chi connectivity index (χ3n) is 3.87. The van der Waals surface area contributed by atoms with Gasteiger partial charge in [-0.15, -0.1) is 0 Å².